The van der Waals surface area contributed by atoms with Crippen LogP contribution in [0.3, 0.4) is 0 Å². The van der Waals surface area contributed by atoms with E-state index in [-0.39, 0.29) is 12.6 Å². The maximum absolute atomic E-state index is 11.4. The van der Waals surface area contributed by atoms with Crippen LogP contribution in [-0.2, 0) is 9.59 Å². The molecule has 1 aromatic rings. The summed E-state index contributed by atoms with van der Waals surface area (Å²) in [6.07, 6.45) is 1.07. The summed E-state index contributed by atoms with van der Waals surface area (Å²) in [7, 11) is 0. The fraction of sp³-hybridized carbons (Fsp3) is 0.385. The smallest absolute Gasteiger partial charge is 0.309 e. The van der Waals surface area contributed by atoms with Gasteiger partial charge >= 0.3 is 11.8 Å². The summed E-state index contributed by atoms with van der Waals surface area (Å²) in [5.41, 5.74) is 0.709. The quantitative estimate of drug-likeness (QED) is 0.662. The van der Waals surface area contributed by atoms with Crippen LogP contribution in [0.2, 0.25) is 0 Å². The Hall–Kier alpha value is -1.88. The van der Waals surface area contributed by atoms with Crippen LogP contribution >= 0.6 is 0 Å². The predicted octanol–water partition coefficient (Wildman–Crippen LogP) is 0.115. The Bertz CT molecular complexity index is 429. The lowest BCUT2D eigenvalue weighted by atomic mass is 10.1. The van der Waals surface area contributed by atoms with Crippen molar-refractivity contribution in [3.8, 4) is 0 Å². The zero-order chi connectivity index (χ0) is 13.0. The normalized spacial score (nSPS) is 15.8. The van der Waals surface area contributed by atoms with E-state index in [1.807, 2.05) is 6.07 Å². The third-order valence-corrected chi connectivity index (χ3v) is 2.76. The molecular weight excluding hydrogens is 232 g/mol. The van der Waals surface area contributed by atoms with Crippen LogP contribution in [0, 0.1) is 0 Å². The number of carbonyl (C=O) groups excluding carboxylic acids is 2. The maximum Gasteiger partial charge on any atom is 0.309 e. The molecule has 1 aliphatic carbocycles. The Labute approximate surface area is 105 Å². The molecule has 0 spiro atoms. The Morgan fingerprint density at radius 1 is 1.22 bits per heavy atom. The van der Waals surface area contributed by atoms with Crippen molar-refractivity contribution in [3.05, 3.63) is 35.9 Å². The molecule has 1 atom stereocenters. The first kappa shape index (κ1) is 12.6. The van der Waals surface area contributed by atoms with E-state index in [1.165, 1.54) is 0 Å². The molecule has 1 fully saturated rings. The van der Waals surface area contributed by atoms with Gasteiger partial charge in [-0.3, -0.25) is 9.59 Å². The zero-order valence-electron chi connectivity index (χ0n) is 9.93. The van der Waals surface area contributed by atoms with Crippen molar-refractivity contribution in [2.24, 2.45) is 0 Å². The number of rotatable bonds is 4. The molecule has 0 saturated heterocycles. The largest absolute Gasteiger partial charge is 0.387 e. The van der Waals surface area contributed by atoms with Crippen LogP contribution in [0.25, 0.3) is 0 Å². The van der Waals surface area contributed by atoms with Crippen LogP contribution in [0.5, 0.6) is 0 Å². The van der Waals surface area contributed by atoms with Crippen LogP contribution in [0.4, 0.5) is 0 Å². The number of aliphatic hydroxyl groups excluding tert-OH is 1. The summed E-state index contributed by atoms with van der Waals surface area (Å²) in [6, 6.07) is 9.14. The summed E-state index contributed by atoms with van der Waals surface area (Å²) in [5, 5.41) is 14.8. The Kier molecular flexibility index (Phi) is 3.94. The van der Waals surface area contributed by atoms with Gasteiger partial charge in [0.05, 0.1) is 6.10 Å². The average molecular weight is 248 g/mol. The average Bonchev–Trinajstić information content (AvgIpc) is 3.20. The molecule has 18 heavy (non-hydrogen) atoms. The van der Waals surface area contributed by atoms with Crippen molar-refractivity contribution < 1.29 is 14.7 Å². The molecule has 0 unspecified atom stereocenters. The van der Waals surface area contributed by atoms with Crippen molar-refractivity contribution in [2.45, 2.75) is 25.0 Å². The van der Waals surface area contributed by atoms with Crippen molar-refractivity contribution in [2.75, 3.05) is 6.54 Å². The standard InChI is InChI=1S/C13H16N2O3/c16-11(9-4-2-1-3-5-9)8-14-12(17)13(18)15-10-6-7-10/h1-5,10-11,16H,6-8H2,(H,14,17)(H,15,18)/t11-/m1/s1. The Morgan fingerprint density at radius 2 is 1.89 bits per heavy atom. The lowest BCUT2D eigenvalue weighted by molar-refractivity contribution is -0.139. The highest BCUT2D eigenvalue weighted by Gasteiger charge is 2.26. The highest BCUT2D eigenvalue weighted by atomic mass is 16.3. The lowest BCUT2D eigenvalue weighted by Crippen LogP contribution is -2.42. The monoisotopic (exact) mass is 248 g/mol. The number of nitrogens with one attached hydrogen (secondary N) is 2. The summed E-state index contributed by atoms with van der Waals surface area (Å²) in [6.45, 7) is 0.0287. The number of aliphatic hydroxyl groups is 1. The lowest BCUT2D eigenvalue weighted by Gasteiger charge is -2.11. The first-order valence-corrected chi connectivity index (χ1v) is 5.98. The van der Waals surface area contributed by atoms with E-state index in [0.29, 0.717) is 5.56 Å². The van der Waals surface area contributed by atoms with E-state index in [9.17, 15) is 14.7 Å². The summed E-state index contributed by atoms with van der Waals surface area (Å²) in [5.74, 6) is -1.32. The van der Waals surface area contributed by atoms with Crippen LogP contribution in [0.15, 0.2) is 30.3 Å². The van der Waals surface area contributed by atoms with Crippen molar-refractivity contribution in [1.82, 2.24) is 10.6 Å². The first-order chi connectivity index (χ1) is 8.66. The van der Waals surface area contributed by atoms with E-state index >= 15 is 0 Å². The molecule has 5 heteroatoms. The van der Waals surface area contributed by atoms with E-state index in [1.54, 1.807) is 24.3 Å². The molecule has 96 valence electrons. The molecule has 0 radical (unpaired) electrons. The fourth-order valence-corrected chi connectivity index (χ4v) is 1.54. The van der Waals surface area contributed by atoms with Gasteiger partial charge in [0.2, 0.25) is 0 Å². The summed E-state index contributed by atoms with van der Waals surface area (Å²) < 4.78 is 0. The number of carbonyl (C=O) groups is 2. The van der Waals surface area contributed by atoms with E-state index in [4.69, 9.17) is 0 Å². The molecule has 2 amide bonds. The zero-order valence-corrected chi connectivity index (χ0v) is 9.93. The van der Waals surface area contributed by atoms with Gasteiger partial charge in [0, 0.05) is 12.6 Å². The van der Waals surface area contributed by atoms with Gasteiger partial charge in [0.1, 0.15) is 0 Å². The fourth-order valence-electron chi connectivity index (χ4n) is 1.54. The summed E-state index contributed by atoms with van der Waals surface area (Å²) in [4.78, 5) is 22.7. The highest BCUT2D eigenvalue weighted by Crippen LogP contribution is 2.18. The van der Waals surface area contributed by atoms with Gasteiger partial charge in [0.15, 0.2) is 0 Å². The molecular formula is C13H16N2O3. The summed E-state index contributed by atoms with van der Waals surface area (Å²) >= 11 is 0. The van der Waals surface area contributed by atoms with E-state index in [2.05, 4.69) is 10.6 Å². The second kappa shape index (κ2) is 5.64. The molecule has 1 saturated carbocycles. The molecule has 0 aliphatic heterocycles. The molecule has 2 rings (SSSR count). The number of hydrogen-bond donors (Lipinski definition) is 3. The van der Waals surface area contributed by atoms with E-state index in [0.717, 1.165) is 12.8 Å². The van der Waals surface area contributed by atoms with Gasteiger partial charge in [0.25, 0.3) is 0 Å². The third kappa shape index (κ3) is 3.56. The third-order valence-electron chi connectivity index (χ3n) is 2.76. The Morgan fingerprint density at radius 3 is 2.50 bits per heavy atom. The molecule has 5 nitrogen and oxygen atoms in total. The van der Waals surface area contributed by atoms with Crippen molar-refractivity contribution in [1.29, 1.82) is 0 Å². The second-order valence-corrected chi connectivity index (χ2v) is 4.38. The molecule has 0 bridgehead atoms. The van der Waals surface area contributed by atoms with Gasteiger partial charge in [-0.25, -0.2) is 0 Å². The van der Waals surface area contributed by atoms with E-state index < -0.39 is 17.9 Å². The molecule has 0 aromatic heterocycles. The van der Waals surface area contributed by atoms with Gasteiger partial charge in [-0.05, 0) is 18.4 Å². The predicted molar refractivity (Wildman–Crippen MR) is 65.6 cm³/mol. The minimum absolute atomic E-state index is 0.0287. The molecule has 1 aromatic carbocycles. The van der Waals surface area contributed by atoms with Gasteiger partial charge in [-0.2, -0.15) is 0 Å². The van der Waals surface area contributed by atoms with Gasteiger partial charge in [-0.15, -0.1) is 0 Å². The number of hydrogen-bond acceptors (Lipinski definition) is 3. The minimum Gasteiger partial charge on any atom is -0.387 e. The molecule has 3 N–H and O–H groups in total. The van der Waals surface area contributed by atoms with Crippen molar-refractivity contribution in [3.63, 3.8) is 0 Å². The second-order valence-electron chi connectivity index (χ2n) is 4.38. The van der Waals surface area contributed by atoms with Crippen molar-refractivity contribution >= 4 is 11.8 Å². The molecule has 1 aliphatic rings. The molecule has 0 heterocycles. The first-order valence-electron chi connectivity index (χ1n) is 5.98. The maximum atomic E-state index is 11.4. The van der Waals surface area contributed by atoms with Crippen LogP contribution in [0.1, 0.15) is 24.5 Å². The van der Waals surface area contributed by atoms with Crippen LogP contribution < -0.4 is 10.6 Å². The number of amides is 2. The Balaban J connectivity index is 1.76. The van der Waals surface area contributed by atoms with Gasteiger partial charge in [-0.1, -0.05) is 30.3 Å². The number of benzene rings is 1. The van der Waals surface area contributed by atoms with Gasteiger partial charge < -0.3 is 15.7 Å². The van der Waals surface area contributed by atoms with Crippen LogP contribution in [-0.4, -0.2) is 29.5 Å². The SMILES string of the molecule is O=C(NC[C@@H](O)c1ccccc1)C(=O)NC1CC1. The highest BCUT2D eigenvalue weighted by molar-refractivity contribution is 6.35. The topological polar surface area (TPSA) is 78.4 Å². The minimum atomic E-state index is -0.802.